The van der Waals surface area contributed by atoms with Crippen LogP contribution in [0.1, 0.15) is 11.1 Å². The second-order valence-corrected chi connectivity index (χ2v) is 5.87. The highest BCUT2D eigenvalue weighted by Crippen LogP contribution is 2.23. The number of hydrogen-bond acceptors (Lipinski definition) is 3. The lowest BCUT2D eigenvalue weighted by molar-refractivity contribution is 0.565. The Kier molecular flexibility index (Phi) is 4.84. The first-order chi connectivity index (χ1) is 11.1. The summed E-state index contributed by atoms with van der Waals surface area (Å²) < 4.78 is 18.5. The van der Waals surface area contributed by atoms with Crippen LogP contribution in [0.4, 0.5) is 10.1 Å². The highest BCUT2D eigenvalue weighted by Gasteiger charge is 2.11. The van der Waals surface area contributed by atoms with Crippen molar-refractivity contribution in [3.63, 3.8) is 0 Å². The molecule has 0 N–H and O–H groups in total. The van der Waals surface area contributed by atoms with Crippen molar-refractivity contribution in [3.05, 3.63) is 82.2 Å². The standard InChI is InChI=1S/C17H13Cl2FN2O/c18-15-7-12(1-3-16(15)20)9-22(14-5-6-23-11-14)10-13-2-4-17(19)21-8-13/h1-8,11H,9-10H2. The molecule has 0 bridgehead atoms. The normalized spacial score (nSPS) is 10.7. The summed E-state index contributed by atoms with van der Waals surface area (Å²) in [6, 6.07) is 10.3. The van der Waals surface area contributed by atoms with Crippen LogP contribution in [-0.4, -0.2) is 4.98 Å². The molecule has 3 rings (SSSR count). The predicted molar refractivity (Wildman–Crippen MR) is 89.3 cm³/mol. The Morgan fingerprint density at radius 3 is 2.48 bits per heavy atom. The third-order valence-corrected chi connectivity index (χ3v) is 3.90. The Labute approximate surface area is 143 Å². The summed E-state index contributed by atoms with van der Waals surface area (Å²) in [6.45, 7) is 1.17. The number of rotatable bonds is 5. The van der Waals surface area contributed by atoms with Crippen LogP contribution in [0.25, 0.3) is 0 Å². The lowest BCUT2D eigenvalue weighted by Crippen LogP contribution is -2.21. The van der Waals surface area contributed by atoms with Gasteiger partial charge in [-0.1, -0.05) is 35.3 Å². The summed E-state index contributed by atoms with van der Waals surface area (Å²) in [5.41, 5.74) is 2.82. The van der Waals surface area contributed by atoms with Gasteiger partial charge in [0.1, 0.15) is 17.2 Å². The van der Waals surface area contributed by atoms with Crippen LogP contribution in [0.2, 0.25) is 10.2 Å². The van der Waals surface area contributed by atoms with Crippen molar-refractivity contribution in [2.24, 2.45) is 0 Å². The minimum absolute atomic E-state index is 0.114. The quantitative estimate of drug-likeness (QED) is 0.582. The van der Waals surface area contributed by atoms with Crippen molar-refractivity contribution in [2.75, 3.05) is 4.90 Å². The van der Waals surface area contributed by atoms with E-state index in [2.05, 4.69) is 9.88 Å². The largest absolute Gasteiger partial charge is 0.470 e. The average molecular weight is 351 g/mol. The summed E-state index contributed by atoms with van der Waals surface area (Å²) in [5.74, 6) is -0.424. The maximum absolute atomic E-state index is 13.3. The molecular weight excluding hydrogens is 338 g/mol. The molecule has 3 aromatic rings. The van der Waals surface area contributed by atoms with E-state index in [9.17, 15) is 4.39 Å². The molecule has 0 amide bonds. The van der Waals surface area contributed by atoms with E-state index < -0.39 is 5.82 Å². The minimum atomic E-state index is -0.424. The first kappa shape index (κ1) is 15.8. The molecule has 0 fully saturated rings. The summed E-state index contributed by atoms with van der Waals surface area (Å²) in [5, 5.41) is 0.566. The Balaban J connectivity index is 1.83. The van der Waals surface area contributed by atoms with Crippen LogP contribution < -0.4 is 4.90 Å². The maximum Gasteiger partial charge on any atom is 0.141 e. The molecule has 0 saturated carbocycles. The second-order valence-electron chi connectivity index (χ2n) is 5.08. The smallest absolute Gasteiger partial charge is 0.141 e. The third kappa shape index (κ3) is 4.03. The number of pyridine rings is 1. The van der Waals surface area contributed by atoms with Crippen LogP contribution in [0.15, 0.2) is 59.5 Å². The Bertz CT molecular complexity index is 776. The monoisotopic (exact) mass is 350 g/mol. The average Bonchev–Trinajstić information content (AvgIpc) is 3.07. The van der Waals surface area contributed by atoms with Crippen LogP contribution in [0, 0.1) is 5.82 Å². The number of benzene rings is 1. The molecule has 0 atom stereocenters. The minimum Gasteiger partial charge on any atom is -0.470 e. The fourth-order valence-electron chi connectivity index (χ4n) is 2.25. The summed E-state index contributed by atoms with van der Waals surface area (Å²) in [4.78, 5) is 6.17. The number of aromatic nitrogens is 1. The fraction of sp³-hybridized carbons (Fsp3) is 0.118. The van der Waals surface area contributed by atoms with E-state index in [0.29, 0.717) is 18.2 Å². The van der Waals surface area contributed by atoms with E-state index in [4.69, 9.17) is 27.6 Å². The highest BCUT2D eigenvalue weighted by molar-refractivity contribution is 6.30. The molecule has 0 aliphatic rings. The molecule has 118 valence electrons. The fourth-order valence-corrected chi connectivity index (χ4v) is 2.57. The van der Waals surface area contributed by atoms with Crippen molar-refractivity contribution in [1.29, 1.82) is 0 Å². The van der Waals surface area contributed by atoms with Gasteiger partial charge in [-0.15, -0.1) is 0 Å². The predicted octanol–water partition coefficient (Wildman–Crippen LogP) is 5.33. The van der Waals surface area contributed by atoms with Crippen molar-refractivity contribution in [1.82, 2.24) is 4.98 Å². The first-order valence-electron chi connectivity index (χ1n) is 6.93. The maximum atomic E-state index is 13.3. The highest BCUT2D eigenvalue weighted by atomic mass is 35.5. The van der Waals surface area contributed by atoms with Gasteiger partial charge in [-0.05, 0) is 35.4 Å². The van der Waals surface area contributed by atoms with Gasteiger partial charge in [-0.3, -0.25) is 0 Å². The Hall–Kier alpha value is -2.04. The van der Waals surface area contributed by atoms with Gasteiger partial charge in [-0.2, -0.15) is 0 Å². The van der Waals surface area contributed by atoms with Gasteiger partial charge in [0.2, 0.25) is 0 Å². The van der Waals surface area contributed by atoms with E-state index in [1.165, 1.54) is 6.07 Å². The van der Waals surface area contributed by atoms with Crippen molar-refractivity contribution in [3.8, 4) is 0 Å². The van der Waals surface area contributed by atoms with E-state index >= 15 is 0 Å². The van der Waals surface area contributed by atoms with Gasteiger partial charge in [0.15, 0.2) is 0 Å². The van der Waals surface area contributed by atoms with E-state index in [1.54, 1.807) is 36.9 Å². The van der Waals surface area contributed by atoms with Crippen LogP contribution in [0.3, 0.4) is 0 Å². The molecule has 6 heteroatoms. The van der Waals surface area contributed by atoms with E-state index in [1.807, 2.05) is 12.1 Å². The lowest BCUT2D eigenvalue weighted by Gasteiger charge is -2.23. The Morgan fingerprint density at radius 2 is 1.83 bits per heavy atom. The third-order valence-electron chi connectivity index (χ3n) is 3.39. The van der Waals surface area contributed by atoms with Crippen molar-refractivity contribution in [2.45, 2.75) is 13.1 Å². The molecule has 23 heavy (non-hydrogen) atoms. The van der Waals surface area contributed by atoms with Gasteiger partial charge in [0.05, 0.1) is 17.0 Å². The molecule has 0 saturated heterocycles. The van der Waals surface area contributed by atoms with Crippen molar-refractivity contribution < 1.29 is 8.81 Å². The molecular formula is C17H13Cl2FN2O. The molecule has 0 aliphatic carbocycles. The van der Waals surface area contributed by atoms with Gasteiger partial charge in [-0.25, -0.2) is 9.37 Å². The molecule has 0 radical (unpaired) electrons. The molecule has 2 heterocycles. The topological polar surface area (TPSA) is 29.3 Å². The van der Waals surface area contributed by atoms with Crippen LogP contribution in [0.5, 0.6) is 0 Å². The van der Waals surface area contributed by atoms with Crippen molar-refractivity contribution >= 4 is 28.9 Å². The van der Waals surface area contributed by atoms with Crippen LogP contribution >= 0.6 is 23.2 Å². The number of halogens is 3. The molecule has 1 aromatic carbocycles. The first-order valence-corrected chi connectivity index (χ1v) is 7.69. The molecule has 0 aliphatic heterocycles. The van der Waals surface area contributed by atoms with Gasteiger partial charge < -0.3 is 9.32 Å². The van der Waals surface area contributed by atoms with Gasteiger partial charge in [0, 0.05) is 19.3 Å². The van der Waals surface area contributed by atoms with Gasteiger partial charge >= 0.3 is 0 Å². The summed E-state index contributed by atoms with van der Waals surface area (Å²) in [7, 11) is 0. The summed E-state index contributed by atoms with van der Waals surface area (Å²) in [6.07, 6.45) is 5.00. The number of furan rings is 1. The molecule has 0 spiro atoms. The number of anilines is 1. The zero-order valence-electron chi connectivity index (χ0n) is 12.0. The number of nitrogens with zero attached hydrogens (tertiary/aromatic N) is 2. The second kappa shape index (κ2) is 7.02. The molecule has 2 aromatic heterocycles. The number of hydrogen-bond donors (Lipinski definition) is 0. The van der Waals surface area contributed by atoms with E-state index in [0.717, 1.165) is 16.8 Å². The van der Waals surface area contributed by atoms with E-state index in [-0.39, 0.29) is 5.02 Å². The van der Waals surface area contributed by atoms with Gasteiger partial charge in [0.25, 0.3) is 0 Å². The SMILES string of the molecule is Fc1ccc(CN(Cc2ccc(Cl)nc2)c2ccoc2)cc1Cl. The van der Waals surface area contributed by atoms with Crippen LogP contribution in [-0.2, 0) is 13.1 Å². The summed E-state index contributed by atoms with van der Waals surface area (Å²) >= 11 is 11.7. The zero-order chi connectivity index (χ0) is 16.2. The Morgan fingerprint density at radius 1 is 1.04 bits per heavy atom. The lowest BCUT2D eigenvalue weighted by atomic mass is 10.2. The molecule has 0 unspecified atom stereocenters. The molecule has 3 nitrogen and oxygen atoms in total. The zero-order valence-corrected chi connectivity index (χ0v) is 13.6.